The van der Waals surface area contributed by atoms with Crippen molar-refractivity contribution in [3.8, 4) is 0 Å². The van der Waals surface area contributed by atoms with Crippen LogP contribution >= 0.6 is 0 Å². The highest BCUT2D eigenvalue weighted by Gasteiger charge is 2.11. The van der Waals surface area contributed by atoms with Crippen molar-refractivity contribution in [1.82, 2.24) is 0 Å². The van der Waals surface area contributed by atoms with Crippen LogP contribution in [0.3, 0.4) is 0 Å². The molecule has 30 heavy (non-hydrogen) atoms. The second-order valence-electron chi connectivity index (χ2n) is 8.02. The van der Waals surface area contributed by atoms with Gasteiger partial charge in [0.1, 0.15) is 0 Å². The molecule has 0 atom stereocenters. The Morgan fingerprint density at radius 3 is 2.17 bits per heavy atom. The predicted molar refractivity (Wildman–Crippen MR) is 133 cm³/mol. The van der Waals surface area contributed by atoms with Gasteiger partial charge in [-0.15, -0.1) is 0 Å². The van der Waals surface area contributed by atoms with Crippen molar-refractivity contribution in [3.63, 3.8) is 0 Å². The van der Waals surface area contributed by atoms with E-state index in [0.717, 1.165) is 25.1 Å². The van der Waals surface area contributed by atoms with Crippen LogP contribution in [0.4, 0.5) is 5.69 Å². The van der Waals surface area contributed by atoms with Crippen molar-refractivity contribution in [1.29, 1.82) is 5.41 Å². The first-order valence-electron chi connectivity index (χ1n) is 11.6. The Morgan fingerprint density at radius 2 is 1.63 bits per heavy atom. The molecule has 0 unspecified atom stereocenters. The van der Waals surface area contributed by atoms with Gasteiger partial charge in [-0.05, 0) is 74.4 Å². The van der Waals surface area contributed by atoms with Gasteiger partial charge in [-0.2, -0.15) is 0 Å². The molecule has 3 rings (SSSR count). The zero-order valence-corrected chi connectivity index (χ0v) is 19.3. The number of aliphatic imine (C=N–C) groups is 1. The summed E-state index contributed by atoms with van der Waals surface area (Å²) in [6.45, 7) is 10.8. The summed E-state index contributed by atoms with van der Waals surface area (Å²) in [7, 11) is 0. The summed E-state index contributed by atoms with van der Waals surface area (Å²) in [5, 5.41) is 6.95. The van der Waals surface area contributed by atoms with Crippen molar-refractivity contribution in [2.45, 2.75) is 72.3 Å². The topological polar surface area (TPSA) is 39.5 Å². The fourth-order valence-electron chi connectivity index (χ4n) is 3.86. The van der Waals surface area contributed by atoms with Crippen LogP contribution in [-0.2, 0) is 6.42 Å². The maximum atomic E-state index is 6.95. The van der Waals surface area contributed by atoms with E-state index in [4.69, 9.17) is 10.4 Å². The van der Waals surface area contributed by atoms with Gasteiger partial charge in [-0.3, -0.25) is 4.99 Å². The van der Waals surface area contributed by atoms with Gasteiger partial charge < -0.3 is 10.3 Å². The highest BCUT2D eigenvalue weighted by Crippen LogP contribution is 2.21. The minimum atomic E-state index is 0.561. The molecule has 2 aromatic carbocycles. The van der Waals surface area contributed by atoms with E-state index in [9.17, 15) is 0 Å². The molecule has 1 aliphatic carbocycles. The molecule has 0 radical (unpaired) electrons. The molecule has 0 saturated heterocycles. The Morgan fingerprint density at radius 1 is 0.967 bits per heavy atom. The van der Waals surface area contributed by atoms with Crippen molar-refractivity contribution >= 4 is 18.1 Å². The fraction of sp³-hybridized carbons (Fsp3) is 0.481. The predicted octanol–water partition coefficient (Wildman–Crippen LogP) is 6.84. The second-order valence-corrected chi connectivity index (χ2v) is 8.02. The summed E-state index contributed by atoms with van der Waals surface area (Å²) >= 11 is 0. The highest BCUT2D eigenvalue weighted by atomic mass is 15.1. The van der Waals surface area contributed by atoms with Gasteiger partial charge in [-0.1, -0.05) is 56.5 Å². The molecule has 1 fully saturated rings. The van der Waals surface area contributed by atoms with E-state index < -0.39 is 0 Å². The molecular formula is C27H39N3. The van der Waals surface area contributed by atoms with E-state index in [0.29, 0.717) is 6.04 Å². The Hall–Kier alpha value is -2.42. The largest absolute Gasteiger partial charge is 0.372 e. The summed E-state index contributed by atoms with van der Waals surface area (Å²) in [6, 6.07) is 15.3. The number of rotatable bonds is 7. The Kier molecular flexibility index (Phi) is 10.3. The molecule has 3 heteroatoms. The lowest BCUT2D eigenvalue weighted by Gasteiger charge is -2.22. The van der Waals surface area contributed by atoms with E-state index >= 15 is 0 Å². The molecule has 0 bridgehead atoms. The van der Waals surface area contributed by atoms with Crippen LogP contribution in [0.25, 0.3) is 0 Å². The molecular weight excluding hydrogens is 366 g/mol. The van der Waals surface area contributed by atoms with Gasteiger partial charge in [0.25, 0.3) is 0 Å². The van der Waals surface area contributed by atoms with Crippen LogP contribution in [0.2, 0.25) is 0 Å². The third kappa shape index (κ3) is 7.44. The molecule has 2 aromatic rings. The zero-order chi connectivity index (χ0) is 21.8. The molecule has 0 aliphatic heterocycles. The first-order chi connectivity index (χ1) is 14.6. The van der Waals surface area contributed by atoms with Gasteiger partial charge in [0.15, 0.2) is 0 Å². The minimum Gasteiger partial charge on any atom is -0.372 e. The van der Waals surface area contributed by atoms with Crippen LogP contribution in [0.15, 0.2) is 47.5 Å². The molecule has 0 heterocycles. The Labute approximate surface area is 183 Å². The maximum Gasteiger partial charge on any atom is 0.0499 e. The average Bonchev–Trinajstić information content (AvgIpc) is 2.80. The lowest BCUT2D eigenvalue weighted by atomic mass is 9.96. The second kappa shape index (κ2) is 13.0. The van der Waals surface area contributed by atoms with Crippen LogP contribution < -0.4 is 4.90 Å². The number of nitrogens with one attached hydrogen (secondary N) is 1. The van der Waals surface area contributed by atoms with Gasteiger partial charge in [0.05, 0.1) is 0 Å². The molecule has 0 amide bonds. The van der Waals surface area contributed by atoms with Gasteiger partial charge in [0, 0.05) is 37.2 Å². The molecule has 162 valence electrons. The molecule has 0 spiro atoms. The number of nitrogens with zero attached hydrogens (tertiary/aromatic N) is 2. The summed E-state index contributed by atoms with van der Waals surface area (Å²) in [5.74, 6) is 0. The van der Waals surface area contributed by atoms with Crippen molar-refractivity contribution in [2.75, 3.05) is 18.0 Å². The van der Waals surface area contributed by atoms with E-state index in [1.165, 1.54) is 60.7 Å². The molecule has 3 nitrogen and oxygen atoms in total. The number of hydrogen-bond acceptors (Lipinski definition) is 3. The minimum absolute atomic E-state index is 0.561. The summed E-state index contributed by atoms with van der Waals surface area (Å²) < 4.78 is 0. The van der Waals surface area contributed by atoms with Crippen LogP contribution in [0, 0.1) is 12.3 Å². The van der Waals surface area contributed by atoms with Crippen LogP contribution in [0.5, 0.6) is 0 Å². The first-order valence-corrected chi connectivity index (χ1v) is 11.6. The Balaban J connectivity index is 0.000000269. The lowest BCUT2D eigenvalue weighted by Crippen LogP contribution is -2.21. The standard InChI is InChI=1S/C18H28N2.C9H11N/c1-4-20(5-2)18-12-11-16(15(3)13-18)14-19-17-9-7-6-8-10-17;1-2-8-3-5-9(7-10)6-4-8/h11-14,17H,4-10H2,1-3H3;3-7,10H,2H2,1H3. The third-order valence-corrected chi connectivity index (χ3v) is 5.94. The van der Waals surface area contributed by atoms with E-state index in [1.807, 2.05) is 12.1 Å². The number of benzene rings is 2. The lowest BCUT2D eigenvalue weighted by molar-refractivity contribution is 0.444. The van der Waals surface area contributed by atoms with Crippen molar-refractivity contribution in [3.05, 3.63) is 64.7 Å². The van der Waals surface area contributed by atoms with E-state index in [-0.39, 0.29) is 0 Å². The highest BCUT2D eigenvalue weighted by molar-refractivity contribution is 5.82. The first kappa shape index (κ1) is 23.9. The van der Waals surface area contributed by atoms with Crippen molar-refractivity contribution < 1.29 is 0 Å². The van der Waals surface area contributed by atoms with Gasteiger partial charge in [0.2, 0.25) is 0 Å². The van der Waals surface area contributed by atoms with E-state index in [2.05, 4.69) is 69.1 Å². The third-order valence-electron chi connectivity index (χ3n) is 5.94. The molecule has 1 saturated carbocycles. The van der Waals surface area contributed by atoms with Crippen LogP contribution in [0.1, 0.15) is 75.1 Å². The summed E-state index contributed by atoms with van der Waals surface area (Å²) in [4.78, 5) is 7.17. The fourth-order valence-corrected chi connectivity index (χ4v) is 3.86. The average molecular weight is 406 g/mol. The SMILES string of the molecule is CCN(CC)c1ccc(C=NC2CCCCC2)c(C)c1.CCc1ccc(C=N)cc1. The monoisotopic (exact) mass is 405 g/mol. The molecule has 1 aliphatic rings. The molecule has 0 aromatic heterocycles. The van der Waals surface area contributed by atoms with E-state index in [1.54, 1.807) is 0 Å². The number of anilines is 1. The molecule has 1 N–H and O–H groups in total. The van der Waals surface area contributed by atoms with Crippen molar-refractivity contribution in [2.24, 2.45) is 4.99 Å². The smallest absolute Gasteiger partial charge is 0.0499 e. The summed E-state index contributed by atoms with van der Waals surface area (Å²) in [5.41, 5.74) is 6.21. The maximum absolute atomic E-state index is 6.95. The zero-order valence-electron chi connectivity index (χ0n) is 19.3. The van der Waals surface area contributed by atoms with Gasteiger partial charge in [-0.25, -0.2) is 0 Å². The number of hydrogen-bond donors (Lipinski definition) is 1. The quantitative estimate of drug-likeness (QED) is 0.503. The number of aryl methyl sites for hydroxylation is 2. The summed E-state index contributed by atoms with van der Waals surface area (Å²) in [6.07, 6.45) is 11.2. The normalized spacial score (nSPS) is 14.3. The van der Waals surface area contributed by atoms with Crippen LogP contribution in [-0.4, -0.2) is 31.6 Å². The Bertz CT molecular complexity index is 782. The van der Waals surface area contributed by atoms with Gasteiger partial charge >= 0.3 is 0 Å².